The van der Waals surface area contributed by atoms with E-state index in [9.17, 15) is 0 Å². The maximum Gasteiger partial charge on any atom is 0.193 e. The monoisotopic (exact) mass is 417 g/mol. The van der Waals surface area contributed by atoms with E-state index >= 15 is 0 Å². The molecule has 0 atom stereocenters. The first-order chi connectivity index (χ1) is 10.1. The van der Waals surface area contributed by atoms with E-state index < -0.39 is 0 Å². The Morgan fingerprint density at radius 2 is 2.05 bits per heavy atom. The lowest BCUT2D eigenvalue weighted by Crippen LogP contribution is -2.41. The zero-order valence-electron chi connectivity index (χ0n) is 13.8. The molecule has 1 fully saturated rings. The molecule has 22 heavy (non-hydrogen) atoms. The average Bonchev–Trinajstić information content (AvgIpc) is 2.84. The highest BCUT2D eigenvalue weighted by molar-refractivity contribution is 14.0. The van der Waals surface area contributed by atoms with Crippen LogP contribution in [0.15, 0.2) is 35.3 Å². The number of rotatable bonds is 5. The van der Waals surface area contributed by atoms with E-state index in [0.29, 0.717) is 5.41 Å². The van der Waals surface area contributed by atoms with Gasteiger partial charge in [-0.3, -0.25) is 4.99 Å². The molecule has 0 saturated carbocycles. The van der Waals surface area contributed by atoms with E-state index in [1.807, 2.05) is 37.4 Å². The highest BCUT2D eigenvalue weighted by atomic mass is 127. The molecule has 0 amide bonds. The van der Waals surface area contributed by atoms with Gasteiger partial charge in [-0.25, -0.2) is 0 Å². The van der Waals surface area contributed by atoms with Crippen molar-refractivity contribution in [1.82, 2.24) is 10.2 Å². The van der Waals surface area contributed by atoms with Crippen LogP contribution in [0, 0.1) is 5.41 Å². The number of hydrogen-bond donors (Lipinski definition) is 1. The Labute approximate surface area is 151 Å². The van der Waals surface area contributed by atoms with E-state index in [-0.39, 0.29) is 24.0 Å². The number of nitrogens with zero attached hydrogens (tertiary/aromatic N) is 2. The summed E-state index contributed by atoms with van der Waals surface area (Å²) in [6, 6.07) is 9.95. The van der Waals surface area contributed by atoms with Crippen LogP contribution >= 0.6 is 24.0 Å². The zero-order valence-corrected chi connectivity index (χ0v) is 16.2. The fourth-order valence-electron chi connectivity index (χ4n) is 2.60. The standard InChI is InChI=1S/C17H27N3O.HI/c1-17(2)10-12-20(14-17)16(18-3)19-11-7-13-21-15-8-5-4-6-9-15;/h4-6,8-9H,7,10-14H2,1-3H3,(H,18,19);1H. The maximum absolute atomic E-state index is 5.69. The third-order valence-corrected chi connectivity index (χ3v) is 3.80. The minimum absolute atomic E-state index is 0. The molecule has 0 aromatic heterocycles. The number of guanidine groups is 1. The molecule has 1 aromatic carbocycles. The summed E-state index contributed by atoms with van der Waals surface area (Å²) >= 11 is 0. The van der Waals surface area contributed by atoms with Gasteiger partial charge in [-0.1, -0.05) is 32.0 Å². The predicted octanol–water partition coefficient (Wildman–Crippen LogP) is 3.38. The molecule has 1 heterocycles. The van der Waals surface area contributed by atoms with Gasteiger partial charge in [-0.05, 0) is 30.4 Å². The summed E-state index contributed by atoms with van der Waals surface area (Å²) in [5.41, 5.74) is 0.397. The molecule has 124 valence electrons. The van der Waals surface area contributed by atoms with E-state index in [1.54, 1.807) is 0 Å². The van der Waals surface area contributed by atoms with Crippen LogP contribution in [0.25, 0.3) is 0 Å². The second kappa shape index (κ2) is 9.22. The molecule has 2 rings (SSSR count). The van der Waals surface area contributed by atoms with Gasteiger partial charge in [0.25, 0.3) is 0 Å². The lowest BCUT2D eigenvalue weighted by atomic mass is 9.93. The summed E-state index contributed by atoms with van der Waals surface area (Å²) in [5, 5.41) is 3.43. The third kappa shape index (κ3) is 6.02. The minimum Gasteiger partial charge on any atom is -0.494 e. The number of ether oxygens (including phenoxy) is 1. The molecule has 1 aromatic rings. The summed E-state index contributed by atoms with van der Waals surface area (Å²) in [7, 11) is 1.86. The zero-order chi connectivity index (χ0) is 15.1. The Hall–Kier alpha value is -0.980. The van der Waals surface area contributed by atoms with Crippen molar-refractivity contribution < 1.29 is 4.74 Å². The number of aliphatic imine (C=N–C) groups is 1. The summed E-state index contributed by atoms with van der Waals surface area (Å²) in [6.45, 7) is 8.40. The van der Waals surface area contributed by atoms with E-state index in [1.165, 1.54) is 6.42 Å². The van der Waals surface area contributed by atoms with Crippen LogP contribution in [0.1, 0.15) is 26.7 Å². The van der Waals surface area contributed by atoms with Crippen LogP contribution in [0.5, 0.6) is 5.75 Å². The Bertz CT molecular complexity index is 462. The van der Waals surface area contributed by atoms with Gasteiger partial charge in [-0.15, -0.1) is 24.0 Å². The van der Waals surface area contributed by atoms with Crippen LogP contribution in [-0.2, 0) is 0 Å². The van der Waals surface area contributed by atoms with Gasteiger partial charge in [0.2, 0.25) is 0 Å². The summed E-state index contributed by atoms with van der Waals surface area (Å²) in [6.07, 6.45) is 2.19. The van der Waals surface area contributed by atoms with Crippen molar-refractivity contribution in [3.8, 4) is 5.75 Å². The van der Waals surface area contributed by atoms with Gasteiger partial charge in [0.05, 0.1) is 6.61 Å². The van der Waals surface area contributed by atoms with Crippen molar-refractivity contribution in [2.45, 2.75) is 26.7 Å². The molecule has 0 spiro atoms. The highest BCUT2D eigenvalue weighted by Gasteiger charge is 2.30. The summed E-state index contributed by atoms with van der Waals surface area (Å²) in [4.78, 5) is 6.73. The van der Waals surface area contributed by atoms with Crippen LogP contribution in [0.3, 0.4) is 0 Å². The van der Waals surface area contributed by atoms with Gasteiger partial charge in [0.1, 0.15) is 5.75 Å². The number of hydrogen-bond acceptors (Lipinski definition) is 2. The maximum atomic E-state index is 5.69. The molecule has 1 saturated heterocycles. The van der Waals surface area contributed by atoms with Gasteiger partial charge in [0, 0.05) is 26.7 Å². The van der Waals surface area contributed by atoms with Crippen molar-refractivity contribution in [3.63, 3.8) is 0 Å². The molecule has 0 bridgehead atoms. The molecular weight excluding hydrogens is 389 g/mol. The number of halogens is 1. The first-order valence-corrected chi connectivity index (χ1v) is 7.74. The number of para-hydroxylation sites is 1. The Kier molecular flexibility index (Phi) is 8.00. The van der Waals surface area contributed by atoms with Crippen LogP contribution in [-0.4, -0.2) is 44.1 Å². The predicted molar refractivity (Wildman–Crippen MR) is 103 cm³/mol. The first-order valence-electron chi connectivity index (χ1n) is 7.74. The fraction of sp³-hybridized carbons (Fsp3) is 0.588. The molecule has 0 unspecified atom stereocenters. The quantitative estimate of drug-likeness (QED) is 0.346. The van der Waals surface area contributed by atoms with Crippen molar-refractivity contribution in [2.75, 3.05) is 33.3 Å². The van der Waals surface area contributed by atoms with E-state index in [0.717, 1.165) is 44.4 Å². The number of benzene rings is 1. The Balaban J connectivity index is 0.00000242. The molecule has 5 heteroatoms. The molecular formula is C17H28IN3O. The van der Waals surface area contributed by atoms with E-state index in [4.69, 9.17) is 4.74 Å². The van der Waals surface area contributed by atoms with Crippen molar-refractivity contribution in [1.29, 1.82) is 0 Å². The highest BCUT2D eigenvalue weighted by Crippen LogP contribution is 2.28. The molecule has 1 aliphatic heterocycles. The third-order valence-electron chi connectivity index (χ3n) is 3.80. The SMILES string of the molecule is CN=C(NCCCOc1ccccc1)N1CCC(C)(C)C1.I. The van der Waals surface area contributed by atoms with Gasteiger partial charge in [-0.2, -0.15) is 0 Å². The van der Waals surface area contributed by atoms with Crippen LogP contribution in [0.4, 0.5) is 0 Å². The van der Waals surface area contributed by atoms with Crippen molar-refractivity contribution >= 4 is 29.9 Å². The van der Waals surface area contributed by atoms with Gasteiger partial charge < -0.3 is 15.0 Å². The van der Waals surface area contributed by atoms with Crippen LogP contribution < -0.4 is 10.1 Å². The van der Waals surface area contributed by atoms with Gasteiger partial charge in [0.15, 0.2) is 5.96 Å². The lowest BCUT2D eigenvalue weighted by Gasteiger charge is -2.23. The topological polar surface area (TPSA) is 36.9 Å². The molecule has 0 aliphatic carbocycles. The minimum atomic E-state index is 0. The smallest absolute Gasteiger partial charge is 0.193 e. The number of nitrogens with one attached hydrogen (secondary N) is 1. The van der Waals surface area contributed by atoms with Gasteiger partial charge >= 0.3 is 0 Å². The molecule has 1 N–H and O–H groups in total. The van der Waals surface area contributed by atoms with Crippen LogP contribution in [0.2, 0.25) is 0 Å². The molecule has 4 nitrogen and oxygen atoms in total. The summed E-state index contributed by atoms with van der Waals surface area (Å²) < 4.78 is 5.69. The summed E-state index contributed by atoms with van der Waals surface area (Å²) in [5.74, 6) is 1.95. The Morgan fingerprint density at radius 1 is 1.32 bits per heavy atom. The normalized spacial score (nSPS) is 17.0. The van der Waals surface area contributed by atoms with Crippen molar-refractivity contribution in [3.05, 3.63) is 30.3 Å². The largest absolute Gasteiger partial charge is 0.494 e. The second-order valence-electron chi connectivity index (χ2n) is 6.32. The second-order valence-corrected chi connectivity index (χ2v) is 6.32. The molecule has 0 radical (unpaired) electrons. The lowest BCUT2D eigenvalue weighted by molar-refractivity contribution is 0.309. The fourth-order valence-corrected chi connectivity index (χ4v) is 2.60. The van der Waals surface area contributed by atoms with Crippen molar-refractivity contribution in [2.24, 2.45) is 10.4 Å². The Morgan fingerprint density at radius 3 is 2.64 bits per heavy atom. The first kappa shape index (κ1) is 19.1. The molecule has 1 aliphatic rings. The average molecular weight is 417 g/mol. The van der Waals surface area contributed by atoms with E-state index in [2.05, 4.69) is 29.1 Å². The number of likely N-dealkylation sites (tertiary alicyclic amines) is 1.